The molecule has 2 atom stereocenters. The third kappa shape index (κ3) is 2.44. The van der Waals surface area contributed by atoms with Crippen LogP contribution in [0.15, 0.2) is 0 Å². The number of carboxylic acid groups (broad SMARTS) is 1. The number of aliphatic carboxylic acids is 1. The highest BCUT2D eigenvalue weighted by Gasteiger charge is 2.36. The maximum absolute atomic E-state index is 10.5. The first kappa shape index (κ1) is 9.00. The van der Waals surface area contributed by atoms with Crippen LogP contribution in [0, 0.1) is 11.8 Å². The van der Waals surface area contributed by atoms with Crippen LogP contribution < -0.4 is 0 Å². The number of carboxylic acids is 1. The molecule has 0 aromatic rings. The fourth-order valence-corrected chi connectivity index (χ4v) is 2.13. The van der Waals surface area contributed by atoms with Crippen molar-refractivity contribution in [3.05, 3.63) is 0 Å². The van der Waals surface area contributed by atoms with Gasteiger partial charge in [0.1, 0.15) is 0 Å². The van der Waals surface area contributed by atoms with Crippen molar-refractivity contribution in [2.75, 3.05) is 6.61 Å². The van der Waals surface area contributed by atoms with Crippen LogP contribution in [0.25, 0.3) is 0 Å². The predicted molar refractivity (Wildman–Crippen MR) is 47.4 cm³/mol. The van der Waals surface area contributed by atoms with E-state index in [4.69, 9.17) is 9.84 Å². The Morgan fingerprint density at radius 1 is 1.38 bits per heavy atom. The summed E-state index contributed by atoms with van der Waals surface area (Å²) >= 11 is 0. The van der Waals surface area contributed by atoms with Gasteiger partial charge in [-0.25, -0.2) is 0 Å². The van der Waals surface area contributed by atoms with Gasteiger partial charge in [0.25, 0.3) is 0 Å². The Hall–Kier alpha value is -0.570. The Kier molecular flexibility index (Phi) is 2.54. The molecule has 1 saturated heterocycles. The fourth-order valence-electron chi connectivity index (χ4n) is 2.13. The maximum Gasteiger partial charge on any atom is 0.303 e. The van der Waals surface area contributed by atoms with Crippen LogP contribution in [0.1, 0.15) is 32.1 Å². The van der Waals surface area contributed by atoms with Crippen LogP contribution in [0.4, 0.5) is 0 Å². The number of rotatable bonds is 3. The lowest BCUT2D eigenvalue weighted by Crippen LogP contribution is -2.28. The molecule has 0 spiro atoms. The molecule has 1 aliphatic heterocycles. The van der Waals surface area contributed by atoms with E-state index in [1.165, 1.54) is 12.8 Å². The van der Waals surface area contributed by atoms with Crippen LogP contribution in [-0.4, -0.2) is 23.8 Å². The topological polar surface area (TPSA) is 46.5 Å². The molecule has 0 bridgehead atoms. The molecule has 0 amide bonds. The summed E-state index contributed by atoms with van der Waals surface area (Å²) in [7, 11) is 0. The lowest BCUT2D eigenvalue weighted by molar-refractivity contribution is -0.139. The average molecular weight is 184 g/mol. The molecule has 1 N–H and O–H groups in total. The zero-order chi connectivity index (χ0) is 9.26. The highest BCUT2D eigenvalue weighted by atomic mass is 16.5. The van der Waals surface area contributed by atoms with E-state index in [0.29, 0.717) is 18.4 Å². The van der Waals surface area contributed by atoms with Gasteiger partial charge < -0.3 is 9.84 Å². The Balaban J connectivity index is 1.80. The number of ether oxygens (including phenoxy) is 1. The smallest absolute Gasteiger partial charge is 0.303 e. The van der Waals surface area contributed by atoms with Crippen molar-refractivity contribution >= 4 is 5.97 Å². The van der Waals surface area contributed by atoms with Gasteiger partial charge in [0, 0.05) is 13.0 Å². The van der Waals surface area contributed by atoms with Crippen molar-refractivity contribution < 1.29 is 14.6 Å². The Morgan fingerprint density at radius 3 is 2.77 bits per heavy atom. The van der Waals surface area contributed by atoms with E-state index in [9.17, 15) is 4.79 Å². The molecule has 1 aliphatic carbocycles. The van der Waals surface area contributed by atoms with Crippen molar-refractivity contribution in [1.82, 2.24) is 0 Å². The van der Waals surface area contributed by atoms with Gasteiger partial charge in [0.05, 0.1) is 6.10 Å². The molecule has 2 rings (SSSR count). The molecule has 3 nitrogen and oxygen atoms in total. The Bertz CT molecular complexity index is 198. The molecule has 0 aromatic heterocycles. The third-order valence-electron chi connectivity index (χ3n) is 3.03. The van der Waals surface area contributed by atoms with E-state index in [1.807, 2.05) is 0 Å². The summed E-state index contributed by atoms with van der Waals surface area (Å²) in [6.45, 7) is 0.763. The molecule has 74 valence electrons. The molecule has 0 radical (unpaired) electrons. The molecular weight excluding hydrogens is 168 g/mol. The molecule has 13 heavy (non-hydrogen) atoms. The van der Waals surface area contributed by atoms with E-state index >= 15 is 0 Å². The lowest BCUT2D eigenvalue weighted by atomic mass is 9.91. The van der Waals surface area contributed by atoms with Gasteiger partial charge in [-0.1, -0.05) is 0 Å². The molecule has 0 aromatic carbocycles. The van der Waals surface area contributed by atoms with E-state index in [-0.39, 0.29) is 0 Å². The summed E-state index contributed by atoms with van der Waals surface area (Å²) in [4.78, 5) is 10.5. The quantitative estimate of drug-likeness (QED) is 0.725. The summed E-state index contributed by atoms with van der Waals surface area (Å²) in [6.07, 6.45) is 5.16. The lowest BCUT2D eigenvalue weighted by Gasteiger charge is -2.28. The maximum atomic E-state index is 10.5. The van der Waals surface area contributed by atoms with E-state index in [1.54, 1.807) is 0 Å². The van der Waals surface area contributed by atoms with E-state index < -0.39 is 5.97 Å². The minimum atomic E-state index is -0.665. The Labute approximate surface area is 78.1 Å². The second kappa shape index (κ2) is 3.66. The second-order valence-electron chi connectivity index (χ2n) is 4.23. The van der Waals surface area contributed by atoms with E-state index in [0.717, 1.165) is 25.4 Å². The van der Waals surface area contributed by atoms with Gasteiger partial charge in [-0.3, -0.25) is 4.79 Å². The molecule has 2 fully saturated rings. The second-order valence-corrected chi connectivity index (χ2v) is 4.23. The first-order chi connectivity index (χ1) is 6.25. The van der Waals surface area contributed by atoms with Crippen LogP contribution in [0.3, 0.4) is 0 Å². The average Bonchev–Trinajstić information content (AvgIpc) is 2.85. The number of hydrogen-bond donors (Lipinski definition) is 1. The van der Waals surface area contributed by atoms with Gasteiger partial charge in [-0.2, -0.15) is 0 Å². The van der Waals surface area contributed by atoms with Gasteiger partial charge >= 0.3 is 5.97 Å². The molecule has 1 heterocycles. The standard InChI is InChI=1S/C10H16O3/c11-10(12)6-7-3-4-13-9(5-7)8-1-2-8/h7-9H,1-6H2,(H,11,12)/t7-,9-/m1/s1. The van der Waals surface area contributed by atoms with Gasteiger partial charge in [-0.05, 0) is 37.5 Å². The van der Waals surface area contributed by atoms with Crippen molar-refractivity contribution in [1.29, 1.82) is 0 Å². The SMILES string of the molecule is O=C(O)C[C@@H]1CCO[C@@H](C2CC2)C1. The highest BCUT2D eigenvalue weighted by molar-refractivity contribution is 5.67. The summed E-state index contributed by atoms with van der Waals surface area (Å²) in [5.41, 5.74) is 0. The van der Waals surface area contributed by atoms with Crippen LogP contribution >= 0.6 is 0 Å². The van der Waals surface area contributed by atoms with Gasteiger partial charge in [0.2, 0.25) is 0 Å². The van der Waals surface area contributed by atoms with Crippen molar-refractivity contribution in [2.24, 2.45) is 11.8 Å². The fraction of sp³-hybridized carbons (Fsp3) is 0.900. The first-order valence-corrected chi connectivity index (χ1v) is 5.09. The van der Waals surface area contributed by atoms with Crippen LogP contribution in [0.5, 0.6) is 0 Å². The minimum Gasteiger partial charge on any atom is -0.481 e. The minimum absolute atomic E-state index is 0.326. The largest absolute Gasteiger partial charge is 0.481 e. The summed E-state index contributed by atoms with van der Waals surface area (Å²) in [6, 6.07) is 0. The molecule has 1 saturated carbocycles. The highest BCUT2D eigenvalue weighted by Crippen LogP contribution is 2.40. The molecule has 0 unspecified atom stereocenters. The molecule has 2 aliphatic rings. The van der Waals surface area contributed by atoms with Crippen molar-refractivity contribution in [2.45, 2.75) is 38.2 Å². The van der Waals surface area contributed by atoms with Crippen LogP contribution in [0.2, 0.25) is 0 Å². The summed E-state index contributed by atoms with van der Waals surface area (Å²) in [5, 5.41) is 8.67. The molecular formula is C10H16O3. The molecule has 3 heteroatoms. The van der Waals surface area contributed by atoms with Gasteiger partial charge in [-0.15, -0.1) is 0 Å². The number of hydrogen-bond acceptors (Lipinski definition) is 2. The first-order valence-electron chi connectivity index (χ1n) is 5.09. The van der Waals surface area contributed by atoms with E-state index in [2.05, 4.69) is 0 Å². The normalized spacial score (nSPS) is 34.5. The van der Waals surface area contributed by atoms with Gasteiger partial charge in [0.15, 0.2) is 0 Å². The third-order valence-corrected chi connectivity index (χ3v) is 3.03. The summed E-state index contributed by atoms with van der Waals surface area (Å²) < 4.78 is 5.62. The van der Waals surface area contributed by atoms with Crippen LogP contribution in [-0.2, 0) is 9.53 Å². The number of carbonyl (C=O) groups is 1. The Morgan fingerprint density at radius 2 is 2.15 bits per heavy atom. The predicted octanol–water partition coefficient (Wildman–Crippen LogP) is 1.67. The van der Waals surface area contributed by atoms with Crippen molar-refractivity contribution in [3.8, 4) is 0 Å². The van der Waals surface area contributed by atoms with Crippen molar-refractivity contribution in [3.63, 3.8) is 0 Å². The monoisotopic (exact) mass is 184 g/mol. The zero-order valence-electron chi connectivity index (χ0n) is 7.74. The zero-order valence-corrected chi connectivity index (χ0v) is 7.74. The summed E-state index contributed by atoms with van der Waals surface area (Å²) in [5.74, 6) is 0.440.